The van der Waals surface area contributed by atoms with Crippen molar-refractivity contribution in [1.29, 1.82) is 0 Å². The van der Waals surface area contributed by atoms with Gasteiger partial charge >= 0.3 is 5.97 Å². The van der Waals surface area contributed by atoms with Crippen molar-refractivity contribution in [2.45, 2.75) is 32.7 Å². The predicted molar refractivity (Wildman–Crippen MR) is 73.0 cm³/mol. The molecular formula is C15H20FNO3. The summed E-state index contributed by atoms with van der Waals surface area (Å²) in [6.07, 6.45) is 1.16. The smallest absolute Gasteiger partial charge is 0.309 e. The summed E-state index contributed by atoms with van der Waals surface area (Å²) in [5.41, 5.74) is 0.00599. The van der Waals surface area contributed by atoms with E-state index in [9.17, 15) is 19.4 Å². The number of phenolic OH excluding ortho intramolecular Hbond substituents is 1. The highest BCUT2D eigenvalue weighted by Gasteiger charge is 2.38. The van der Waals surface area contributed by atoms with E-state index in [4.69, 9.17) is 0 Å². The molecule has 110 valence electrons. The van der Waals surface area contributed by atoms with E-state index in [1.54, 1.807) is 13.0 Å². The number of hydrogen-bond donors (Lipinski definition) is 2. The van der Waals surface area contributed by atoms with Gasteiger partial charge in [-0.2, -0.15) is 0 Å². The van der Waals surface area contributed by atoms with Gasteiger partial charge in [0.15, 0.2) is 0 Å². The van der Waals surface area contributed by atoms with Gasteiger partial charge in [-0.3, -0.25) is 9.69 Å². The third-order valence-electron chi connectivity index (χ3n) is 4.41. The lowest BCUT2D eigenvalue weighted by molar-refractivity contribution is -0.151. The molecule has 0 amide bonds. The second-order valence-corrected chi connectivity index (χ2v) is 5.78. The van der Waals surface area contributed by atoms with Crippen LogP contribution in [0.3, 0.4) is 0 Å². The number of nitrogens with zero attached hydrogens (tertiary/aromatic N) is 1. The van der Waals surface area contributed by atoms with E-state index in [-0.39, 0.29) is 11.8 Å². The Morgan fingerprint density at radius 1 is 1.40 bits per heavy atom. The highest BCUT2D eigenvalue weighted by atomic mass is 19.1. The lowest BCUT2D eigenvalue weighted by atomic mass is 9.80. The molecule has 0 radical (unpaired) electrons. The number of aromatic hydroxyl groups is 1. The molecule has 0 spiro atoms. The van der Waals surface area contributed by atoms with Crippen LogP contribution in [0.1, 0.15) is 38.3 Å². The summed E-state index contributed by atoms with van der Waals surface area (Å²) in [6, 6.07) is 3.96. The third kappa shape index (κ3) is 2.77. The monoisotopic (exact) mass is 281 g/mol. The number of phenols is 1. The summed E-state index contributed by atoms with van der Waals surface area (Å²) in [6.45, 7) is 5.02. The van der Waals surface area contributed by atoms with E-state index in [2.05, 4.69) is 4.90 Å². The molecule has 1 heterocycles. The molecular weight excluding hydrogens is 261 g/mol. The Morgan fingerprint density at radius 3 is 2.50 bits per heavy atom. The lowest BCUT2D eigenvalue weighted by Gasteiger charge is -2.39. The van der Waals surface area contributed by atoms with Gasteiger partial charge in [0.1, 0.15) is 11.6 Å². The van der Waals surface area contributed by atoms with Crippen molar-refractivity contribution in [1.82, 2.24) is 4.90 Å². The maximum atomic E-state index is 13.0. The number of halogens is 1. The molecule has 0 aromatic heterocycles. The zero-order valence-corrected chi connectivity index (χ0v) is 11.8. The highest BCUT2D eigenvalue weighted by Crippen LogP contribution is 2.36. The first-order chi connectivity index (χ1) is 9.33. The molecule has 0 aliphatic carbocycles. The first-order valence-electron chi connectivity index (χ1n) is 6.79. The molecule has 2 N–H and O–H groups in total. The van der Waals surface area contributed by atoms with E-state index in [1.807, 2.05) is 6.92 Å². The van der Waals surface area contributed by atoms with Crippen molar-refractivity contribution in [3.63, 3.8) is 0 Å². The maximum absolute atomic E-state index is 13.0. The van der Waals surface area contributed by atoms with E-state index in [0.717, 1.165) is 6.07 Å². The number of carbonyl (C=O) groups is 1. The number of hydrogen-bond acceptors (Lipinski definition) is 3. The molecule has 0 saturated carbocycles. The van der Waals surface area contributed by atoms with Crippen molar-refractivity contribution >= 4 is 5.97 Å². The molecule has 1 aromatic rings. The van der Waals surface area contributed by atoms with E-state index < -0.39 is 17.2 Å². The molecule has 5 heteroatoms. The number of likely N-dealkylation sites (tertiary alicyclic amines) is 1. The topological polar surface area (TPSA) is 60.8 Å². The Labute approximate surface area is 117 Å². The van der Waals surface area contributed by atoms with Gasteiger partial charge in [-0.05, 0) is 45.8 Å². The van der Waals surface area contributed by atoms with Crippen LogP contribution < -0.4 is 0 Å². The zero-order chi connectivity index (χ0) is 14.9. The third-order valence-corrected chi connectivity index (χ3v) is 4.41. The first kappa shape index (κ1) is 14.8. The minimum Gasteiger partial charge on any atom is -0.508 e. The fraction of sp³-hybridized carbons (Fsp3) is 0.533. The second kappa shape index (κ2) is 5.40. The summed E-state index contributed by atoms with van der Waals surface area (Å²) < 4.78 is 13.0. The van der Waals surface area contributed by atoms with Crippen molar-refractivity contribution in [3.05, 3.63) is 29.6 Å². The van der Waals surface area contributed by atoms with Crippen molar-refractivity contribution < 1.29 is 19.4 Å². The molecule has 1 fully saturated rings. The number of carboxylic acids is 1. The quantitative estimate of drug-likeness (QED) is 0.894. The van der Waals surface area contributed by atoms with Gasteiger partial charge in [-0.25, -0.2) is 4.39 Å². The molecule has 0 bridgehead atoms. The highest BCUT2D eigenvalue weighted by molar-refractivity contribution is 5.74. The Balaban J connectivity index is 2.08. The van der Waals surface area contributed by atoms with Gasteiger partial charge < -0.3 is 10.2 Å². The van der Waals surface area contributed by atoms with Crippen molar-refractivity contribution in [2.24, 2.45) is 5.41 Å². The summed E-state index contributed by atoms with van der Waals surface area (Å²) >= 11 is 0. The Bertz CT molecular complexity index is 510. The minimum atomic E-state index is -0.755. The molecule has 1 aromatic carbocycles. The van der Waals surface area contributed by atoms with Crippen LogP contribution in [0.5, 0.6) is 5.75 Å². The van der Waals surface area contributed by atoms with Crippen LogP contribution in [0.2, 0.25) is 0 Å². The molecule has 1 unspecified atom stereocenters. The molecule has 1 saturated heterocycles. The largest absolute Gasteiger partial charge is 0.508 e. The normalized spacial score (nSPS) is 20.6. The van der Waals surface area contributed by atoms with Crippen LogP contribution in [0.15, 0.2) is 18.2 Å². The standard InChI is InChI=1S/C15H20FNO3/c1-10(12-4-3-11(16)9-13(12)18)17-7-5-15(2,6-8-17)14(19)20/h3-4,9-10,18H,5-8H2,1-2H3,(H,19,20). The summed E-state index contributed by atoms with van der Waals surface area (Å²) in [7, 11) is 0. The minimum absolute atomic E-state index is 0.0518. The summed E-state index contributed by atoms with van der Waals surface area (Å²) in [5, 5.41) is 19.0. The fourth-order valence-electron chi connectivity index (χ4n) is 2.69. The number of aliphatic carboxylic acids is 1. The molecule has 20 heavy (non-hydrogen) atoms. The predicted octanol–water partition coefficient (Wildman–Crippen LogP) is 2.78. The average molecular weight is 281 g/mol. The van der Waals surface area contributed by atoms with Crippen molar-refractivity contribution in [2.75, 3.05) is 13.1 Å². The van der Waals surface area contributed by atoms with E-state index in [1.165, 1.54) is 6.07 Å². The van der Waals surface area contributed by atoms with Crippen LogP contribution >= 0.6 is 0 Å². The van der Waals surface area contributed by atoms with Gasteiger partial charge in [0.25, 0.3) is 0 Å². The van der Waals surface area contributed by atoms with Gasteiger partial charge in [0, 0.05) is 17.7 Å². The summed E-state index contributed by atoms with van der Waals surface area (Å²) in [4.78, 5) is 13.3. The van der Waals surface area contributed by atoms with Gasteiger partial charge in [-0.15, -0.1) is 0 Å². The van der Waals surface area contributed by atoms with Crippen LogP contribution in [-0.4, -0.2) is 34.2 Å². The fourth-order valence-corrected chi connectivity index (χ4v) is 2.69. The maximum Gasteiger partial charge on any atom is 0.309 e. The van der Waals surface area contributed by atoms with Crippen LogP contribution in [0.25, 0.3) is 0 Å². The number of benzene rings is 1. The second-order valence-electron chi connectivity index (χ2n) is 5.78. The molecule has 1 atom stereocenters. The SMILES string of the molecule is CC(c1ccc(F)cc1O)N1CCC(C)(C(=O)O)CC1. The molecule has 1 aliphatic rings. The molecule has 1 aliphatic heterocycles. The molecule has 4 nitrogen and oxygen atoms in total. The molecule has 2 rings (SSSR count). The number of rotatable bonds is 3. The van der Waals surface area contributed by atoms with Gasteiger partial charge in [-0.1, -0.05) is 6.07 Å². The zero-order valence-electron chi connectivity index (χ0n) is 11.8. The van der Waals surface area contributed by atoms with Crippen LogP contribution in [0.4, 0.5) is 4.39 Å². The van der Waals surface area contributed by atoms with Crippen LogP contribution in [-0.2, 0) is 4.79 Å². The Morgan fingerprint density at radius 2 is 2.00 bits per heavy atom. The Kier molecular flexibility index (Phi) is 3.99. The average Bonchev–Trinajstić information content (AvgIpc) is 2.38. The lowest BCUT2D eigenvalue weighted by Crippen LogP contribution is -2.43. The summed E-state index contributed by atoms with van der Waals surface area (Å²) in [5.74, 6) is -1.27. The van der Waals surface area contributed by atoms with E-state index >= 15 is 0 Å². The number of carboxylic acid groups (broad SMARTS) is 1. The van der Waals surface area contributed by atoms with Crippen molar-refractivity contribution in [3.8, 4) is 5.75 Å². The number of piperidine rings is 1. The first-order valence-corrected chi connectivity index (χ1v) is 6.79. The van der Waals surface area contributed by atoms with Crippen LogP contribution in [0, 0.1) is 11.2 Å². The Hall–Kier alpha value is -1.62. The van der Waals surface area contributed by atoms with Gasteiger partial charge in [0.2, 0.25) is 0 Å². The van der Waals surface area contributed by atoms with E-state index in [0.29, 0.717) is 31.5 Å². The van der Waals surface area contributed by atoms with Gasteiger partial charge in [0.05, 0.1) is 5.41 Å².